The minimum Gasteiger partial charge on any atom is -0.460 e. The Morgan fingerprint density at radius 3 is 2.37 bits per heavy atom. The molecule has 0 aliphatic rings. The van der Waals surface area contributed by atoms with Crippen molar-refractivity contribution in [2.24, 2.45) is 0 Å². The van der Waals surface area contributed by atoms with Crippen LogP contribution in [0.1, 0.15) is 25.0 Å². The summed E-state index contributed by atoms with van der Waals surface area (Å²) in [7, 11) is -3.90. The van der Waals surface area contributed by atoms with E-state index in [4.69, 9.17) is 4.74 Å². The van der Waals surface area contributed by atoms with Gasteiger partial charge in [0.25, 0.3) is 0 Å². The van der Waals surface area contributed by atoms with E-state index in [0.29, 0.717) is 5.69 Å². The highest BCUT2D eigenvalue weighted by Crippen LogP contribution is 2.15. The fourth-order valence-electron chi connectivity index (χ4n) is 2.35. The zero-order chi connectivity index (χ0) is 20.0. The number of anilines is 1. The molecule has 2 aromatic rings. The SMILES string of the molecule is CC(=O)Nc1ccc(S(=O)(=O)NC(C)C(=O)OCc2cccc(C)c2)cc1. The standard InChI is InChI=1S/C19H22N2O5S/c1-13-5-4-6-16(11-13)12-26-19(23)14(2)21-27(24,25)18-9-7-17(8-10-18)20-15(3)22/h4-11,14,21H,12H2,1-3H3,(H,20,22). The molecule has 7 nitrogen and oxygen atoms in total. The Morgan fingerprint density at radius 1 is 1.11 bits per heavy atom. The third kappa shape index (κ3) is 6.19. The average molecular weight is 390 g/mol. The van der Waals surface area contributed by atoms with E-state index >= 15 is 0 Å². The predicted molar refractivity (Wildman–Crippen MR) is 102 cm³/mol. The topological polar surface area (TPSA) is 102 Å². The molecule has 0 aliphatic carbocycles. The molecule has 8 heteroatoms. The maximum absolute atomic E-state index is 12.4. The lowest BCUT2D eigenvalue weighted by Gasteiger charge is -2.14. The van der Waals surface area contributed by atoms with Crippen molar-refractivity contribution in [2.45, 2.75) is 38.3 Å². The van der Waals surface area contributed by atoms with E-state index in [-0.39, 0.29) is 17.4 Å². The summed E-state index contributed by atoms with van der Waals surface area (Å²) in [5.41, 5.74) is 2.35. The second kappa shape index (κ2) is 8.79. The van der Waals surface area contributed by atoms with Crippen LogP contribution in [0.25, 0.3) is 0 Å². The van der Waals surface area contributed by atoms with Gasteiger partial charge in [-0.25, -0.2) is 8.42 Å². The molecule has 2 aromatic carbocycles. The Bertz CT molecular complexity index is 923. The minimum atomic E-state index is -3.90. The molecule has 0 fully saturated rings. The molecule has 1 amide bonds. The average Bonchev–Trinajstić information content (AvgIpc) is 2.59. The number of carbonyl (C=O) groups excluding carboxylic acids is 2. The number of esters is 1. The first kappa shape index (κ1) is 20.6. The lowest BCUT2D eigenvalue weighted by atomic mass is 10.1. The second-order valence-corrected chi connectivity index (χ2v) is 7.86. The van der Waals surface area contributed by atoms with Crippen LogP contribution in [0.2, 0.25) is 0 Å². The molecule has 2 rings (SSSR count). The summed E-state index contributed by atoms with van der Waals surface area (Å²) >= 11 is 0. The molecule has 1 atom stereocenters. The molecule has 0 spiro atoms. The summed E-state index contributed by atoms with van der Waals surface area (Å²) in [4.78, 5) is 23.1. The van der Waals surface area contributed by atoms with Gasteiger partial charge in [-0.1, -0.05) is 29.8 Å². The van der Waals surface area contributed by atoms with E-state index in [9.17, 15) is 18.0 Å². The van der Waals surface area contributed by atoms with Gasteiger partial charge in [0.1, 0.15) is 12.6 Å². The number of hydrogen-bond donors (Lipinski definition) is 2. The zero-order valence-corrected chi connectivity index (χ0v) is 16.2. The summed E-state index contributed by atoms with van der Waals surface area (Å²) in [6.07, 6.45) is 0. The van der Waals surface area contributed by atoms with Crippen LogP contribution in [0, 0.1) is 6.92 Å². The van der Waals surface area contributed by atoms with Crippen molar-refractivity contribution in [3.63, 3.8) is 0 Å². The molecular weight excluding hydrogens is 368 g/mol. The second-order valence-electron chi connectivity index (χ2n) is 6.15. The number of sulfonamides is 1. The van der Waals surface area contributed by atoms with Gasteiger partial charge in [-0.15, -0.1) is 0 Å². The third-order valence-electron chi connectivity index (χ3n) is 3.63. The van der Waals surface area contributed by atoms with Crippen molar-refractivity contribution in [3.05, 3.63) is 59.7 Å². The molecule has 2 N–H and O–H groups in total. The molecule has 0 saturated carbocycles. The number of benzene rings is 2. The van der Waals surface area contributed by atoms with Gasteiger partial charge in [0.2, 0.25) is 15.9 Å². The van der Waals surface area contributed by atoms with E-state index in [1.54, 1.807) is 0 Å². The lowest BCUT2D eigenvalue weighted by Crippen LogP contribution is -2.39. The normalized spacial score (nSPS) is 12.3. The summed E-state index contributed by atoms with van der Waals surface area (Å²) in [6.45, 7) is 4.77. The first-order valence-corrected chi connectivity index (χ1v) is 9.78. The molecule has 0 heterocycles. The van der Waals surface area contributed by atoms with Gasteiger partial charge in [-0.05, 0) is 43.7 Å². The molecule has 0 aromatic heterocycles. The quantitative estimate of drug-likeness (QED) is 0.707. The van der Waals surface area contributed by atoms with E-state index in [1.807, 2.05) is 31.2 Å². The van der Waals surface area contributed by atoms with Crippen LogP contribution in [0.5, 0.6) is 0 Å². The number of amides is 1. The molecule has 0 radical (unpaired) electrons. The number of ether oxygens (including phenoxy) is 1. The third-order valence-corrected chi connectivity index (χ3v) is 5.19. The fourth-order valence-corrected chi connectivity index (χ4v) is 3.54. The van der Waals surface area contributed by atoms with Gasteiger partial charge in [0.05, 0.1) is 4.90 Å². The van der Waals surface area contributed by atoms with Crippen molar-refractivity contribution < 1.29 is 22.7 Å². The highest BCUT2D eigenvalue weighted by Gasteiger charge is 2.23. The van der Waals surface area contributed by atoms with Crippen molar-refractivity contribution in [2.75, 3.05) is 5.32 Å². The zero-order valence-electron chi connectivity index (χ0n) is 15.4. The van der Waals surface area contributed by atoms with Crippen LogP contribution in [0.15, 0.2) is 53.4 Å². The smallest absolute Gasteiger partial charge is 0.324 e. The molecule has 1 unspecified atom stereocenters. The maximum Gasteiger partial charge on any atom is 0.324 e. The van der Waals surface area contributed by atoms with Gasteiger partial charge < -0.3 is 10.1 Å². The van der Waals surface area contributed by atoms with Crippen molar-refractivity contribution in [3.8, 4) is 0 Å². The lowest BCUT2D eigenvalue weighted by molar-refractivity contribution is -0.146. The first-order chi connectivity index (χ1) is 12.7. The van der Waals surface area contributed by atoms with Crippen LogP contribution in [-0.2, 0) is 31.0 Å². The summed E-state index contributed by atoms with van der Waals surface area (Å²) in [5, 5.41) is 2.55. The Kier molecular flexibility index (Phi) is 6.70. The Morgan fingerprint density at radius 2 is 1.78 bits per heavy atom. The van der Waals surface area contributed by atoms with Crippen LogP contribution >= 0.6 is 0 Å². The predicted octanol–water partition coefficient (Wildman–Crippen LogP) is 2.36. The van der Waals surface area contributed by atoms with Gasteiger partial charge >= 0.3 is 5.97 Å². The number of nitrogens with one attached hydrogen (secondary N) is 2. The molecule has 0 aliphatic heterocycles. The number of carbonyl (C=O) groups is 2. The van der Waals surface area contributed by atoms with E-state index < -0.39 is 22.0 Å². The van der Waals surface area contributed by atoms with Crippen molar-refractivity contribution in [1.82, 2.24) is 4.72 Å². The van der Waals surface area contributed by atoms with Gasteiger partial charge in [-0.2, -0.15) is 4.72 Å². The molecule has 27 heavy (non-hydrogen) atoms. The van der Waals surface area contributed by atoms with Gasteiger partial charge in [-0.3, -0.25) is 9.59 Å². The van der Waals surface area contributed by atoms with E-state index in [0.717, 1.165) is 11.1 Å². The van der Waals surface area contributed by atoms with Crippen LogP contribution in [0.3, 0.4) is 0 Å². The van der Waals surface area contributed by atoms with E-state index in [1.165, 1.54) is 38.1 Å². The molecule has 0 bridgehead atoms. The largest absolute Gasteiger partial charge is 0.460 e. The first-order valence-electron chi connectivity index (χ1n) is 8.29. The van der Waals surface area contributed by atoms with Crippen molar-refractivity contribution >= 4 is 27.6 Å². The Labute approximate surface area is 158 Å². The van der Waals surface area contributed by atoms with Crippen molar-refractivity contribution in [1.29, 1.82) is 0 Å². The minimum absolute atomic E-state index is 0.0186. The molecule has 0 saturated heterocycles. The monoisotopic (exact) mass is 390 g/mol. The van der Waals surface area contributed by atoms with E-state index in [2.05, 4.69) is 10.0 Å². The number of hydrogen-bond acceptors (Lipinski definition) is 5. The van der Waals surface area contributed by atoms with Crippen LogP contribution < -0.4 is 10.0 Å². The summed E-state index contributed by atoms with van der Waals surface area (Å²) in [6, 6.07) is 12.1. The summed E-state index contributed by atoms with van der Waals surface area (Å²) in [5.74, 6) is -0.927. The Hall–Kier alpha value is -2.71. The van der Waals surface area contributed by atoms with Gasteiger partial charge in [0.15, 0.2) is 0 Å². The molecule has 144 valence electrons. The van der Waals surface area contributed by atoms with Gasteiger partial charge in [0, 0.05) is 12.6 Å². The summed E-state index contributed by atoms with van der Waals surface area (Å²) < 4.78 is 32.3. The van der Waals surface area contributed by atoms with Crippen LogP contribution in [-0.4, -0.2) is 26.3 Å². The number of aryl methyl sites for hydroxylation is 1. The number of rotatable bonds is 7. The molecular formula is C19H22N2O5S. The van der Waals surface area contributed by atoms with Crippen LogP contribution in [0.4, 0.5) is 5.69 Å². The maximum atomic E-state index is 12.4. The highest BCUT2D eigenvalue weighted by molar-refractivity contribution is 7.89. The highest BCUT2D eigenvalue weighted by atomic mass is 32.2. The Balaban J connectivity index is 1.97. The fraction of sp³-hybridized carbons (Fsp3) is 0.263.